The van der Waals surface area contributed by atoms with Crippen molar-refractivity contribution >= 4 is 28.3 Å². The molecule has 80 valence electrons. The van der Waals surface area contributed by atoms with Crippen LogP contribution in [0.1, 0.15) is 18.0 Å². The average Bonchev–Trinajstić information content (AvgIpc) is 2.09. The molecule has 0 saturated carbocycles. The van der Waals surface area contributed by atoms with E-state index in [-0.39, 0.29) is 30.8 Å². The van der Waals surface area contributed by atoms with Gasteiger partial charge in [0.05, 0.1) is 0 Å². The Kier molecular flexibility index (Phi) is 6.11. The van der Waals surface area contributed by atoms with Crippen LogP contribution < -0.4 is 5.73 Å². The van der Waals surface area contributed by atoms with Crippen LogP contribution in [0.5, 0.6) is 5.75 Å². The smallest absolute Gasteiger partial charge is 0.120 e. The van der Waals surface area contributed by atoms with Crippen molar-refractivity contribution in [3.8, 4) is 5.75 Å². The van der Waals surface area contributed by atoms with Gasteiger partial charge in [-0.2, -0.15) is 0 Å². The second-order valence-electron chi connectivity index (χ2n) is 2.82. The molecule has 0 aliphatic heterocycles. The maximum Gasteiger partial charge on any atom is 0.120 e. The lowest BCUT2D eigenvalue weighted by Crippen LogP contribution is -2.12. The Labute approximate surface area is 97.5 Å². The SMILES string of the molecule is Cl.N[C@H](CCO)c1cc(Br)ccc1O. The van der Waals surface area contributed by atoms with Crippen LogP contribution in [0.15, 0.2) is 22.7 Å². The summed E-state index contributed by atoms with van der Waals surface area (Å²) in [6.45, 7) is 0.0210. The zero-order chi connectivity index (χ0) is 9.84. The zero-order valence-electron chi connectivity index (χ0n) is 7.48. The molecular formula is C9H13BrClNO2. The Bertz CT molecular complexity index is 296. The predicted molar refractivity (Wildman–Crippen MR) is 61.7 cm³/mol. The molecule has 0 unspecified atom stereocenters. The minimum atomic E-state index is -0.317. The predicted octanol–water partition coefficient (Wildman–Crippen LogP) is 1.96. The normalized spacial score (nSPS) is 11.9. The second-order valence-corrected chi connectivity index (χ2v) is 3.74. The highest BCUT2D eigenvalue weighted by molar-refractivity contribution is 9.10. The van der Waals surface area contributed by atoms with Crippen LogP contribution in [0.4, 0.5) is 0 Å². The van der Waals surface area contributed by atoms with Crippen molar-refractivity contribution in [2.45, 2.75) is 12.5 Å². The molecule has 0 bridgehead atoms. The van der Waals surface area contributed by atoms with Crippen molar-refractivity contribution in [2.75, 3.05) is 6.61 Å². The molecule has 0 radical (unpaired) electrons. The minimum Gasteiger partial charge on any atom is -0.508 e. The van der Waals surface area contributed by atoms with Gasteiger partial charge in [0.25, 0.3) is 0 Å². The van der Waals surface area contributed by atoms with E-state index in [2.05, 4.69) is 15.9 Å². The van der Waals surface area contributed by atoms with Gasteiger partial charge >= 0.3 is 0 Å². The summed E-state index contributed by atoms with van der Waals surface area (Å²) in [5.74, 6) is 0.171. The number of aromatic hydroxyl groups is 1. The molecule has 0 heterocycles. The van der Waals surface area contributed by atoms with Crippen LogP contribution in [0.25, 0.3) is 0 Å². The van der Waals surface area contributed by atoms with Gasteiger partial charge in [-0.15, -0.1) is 12.4 Å². The summed E-state index contributed by atoms with van der Waals surface area (Å²) in [6, 6.07) is 4.76. The maximum atomic E-state index is 9.45. The fraction of sp³-hybridized carbons (Fsp3) is 0.333. The fourth-order valence-electron chi connectivity index (χ4n) is 1.12. The van der Waals surface area contributed by atoms with Crippen molar-refractivity contribution in [1.82, 2.24) is 0 Å². The molecule has 4 N–H and O–H groups in total. The van der Waals surface area contributed by atoms with Crippen LogP contribution in [-0.4, -0.2) is 16.8 Å². The van der Waals surface area contributed by atoms with Gasteiger partial charge in [0.2, 0.25) is 0 Å². The fourth-order valence-corrected chi connectivity index (χ4v) is 1.50. The number of aliphatic hydroxyl groups excluding tert-OH is 1. The Balaban J connectivity index is 0.00000169. The molecular weight excluding hydrogens is 269 g/mol. The lowest BCUT2D eigenvalue weighted by molar-refractivity contribution is 0.275. The Hall–Kier alpha value is -0.290. The molecule has 0 aliphatic carbocycles. The van der Waals surface area contributed by atoms with E-state index in [1.807, 2.05) is 0 Å². The van der Waals surface area contributed by atoms with Crippen LogP contribution >= 0.6 is 28.3 Å². The lowest BCUT2D eigenvalue weighted by atomic mass is 10.0. The third-order valence-corrected chi connectivity index (χ3v) is 2.32. The molecule has 0 amide bonds. The maximum absolute atomic E-state index is 9.45. The van der Waals surface area contributed by atoms with Gasteiger partial charge in [-0.1, -0.05) is 15.9 Å². The van der Waals surface area contributed by atoms with Gasteiger partial charge in [0.1, 0.15) is 5.75 Å². The molecule has 5 heteroatoms. The third-order valence-electron chi connectivity index (χ3n) is 1.83. The third kappa shape index (κ3) is 3.46. The van der Waals surface area contributed by atoms with E-state index in [1.54, 1.807) is 18.2 Å². The van der Waals surface area contributed by atoms with E-state index in [9.17, 15) is 5.11 Å². The molecule has 1 aromatic carbocycles. The van der Waals surface area contributed by atoms with Crippen LogP contribution in [0.2, 0.25) is 0 Å². The first kappa shape index (κ1) is 13.7. The van der Waals surface area contributed by atoms with Crippen molar-refractivity contribution in [3.05, 3.63) is 28.2 Å². The average molecular weight is 283 g/mol. The van der Waals surface area contributed by atoms with Crippen LogP contribution in [0.3, 0.4) is 0 Å². The summed E-state index contributed by atoms with van der Waals surface area (Å²) in [5.41, 5.74) is 6.39. The van der Waals surface area contributed by atoms with Gasteiger partial charge < -0.3 is 15.9 Å². The van der Waals surface area contributed by atoms with E-state index in [0.29, 0.717) is 12.0 Å². The largest absolute Gasteiger partial charge is 0.508 e. The molecule has 0 fully saturated rings. The van der Waals surface area contributed by atoms with E-state index < -0.39 is 0 Å². The topological polar surface area (TPSA) is 66.5 Å². The highest BCUT2D eigenvalue weighted by Crippen LogP contribution is 2.27. The van der Waals surface area contributed by atoms with Crippen LogP contribution in [-0.2, 0) is 0 Å². The van der Waals surface area contributed by atoms with E-state index >= 15 is 0 Å². The van der Waals surface area contributed by atoms with Gasteiger partial charge in [0.15, 0.2) is 0 Å². The first-order chi connectivity index (χ1) is 6.15. The molecule has 0 spiro atoms. The van der Waals surface area contributed by atoms with E-state index in [1.165, 1.54) is 0 Å². The number of aliphatic hydroxyl groups is 1. The van der Waals surface area contributed by atoms with Gasteiger partial charge in [-0.05, 0) is 24.6 Å². The van der Waals surface area contributed by atoms with Gasteiger partial charge in [-0.25, -0.2) is 0 Å². The summed E-state index contributed by atoms with van der Waals surface area (Å²) >= 11 is 3.29. The van der Waals surface area contributed by atoms with Crippen molar-refractivity contribution in [2.24, 2.45) is 5.73 Å². The second kappa shape index (κ2) is 6.24. The monoisotopic (exact) mass is 281 g/mol. The number of rotatable bonds is 3. The summed E-state index contributed by atoms with van der Waals surface area (Å²) in [7, 11) is 0. The first-order valence-electron chi connectivity index (χ1n) is 4.00. The number of hydrogen-bond acceptors (Lipinski definition) is 3. The number of hydrogen-bond donors (Lipinski definition) is 3. The quantitative estimate of drug-likeness (QED) is 0.794. The molecule has 1 aromatic rings. The molecule has 1 rings (SSSR count). The van der Waals surface area contributed by atoms with Crippen molar-refractivity contribution in [1.29, 1.82) is 0 Å². The van der Waals surface area contributed by atoms with E-state index in [4.69, 9.17) is 10.8 Å². The summed E-state index contributed by atoms with van der Waals surface area (Å²) in [5, 5.41) is 18.1. The van der Waals surface area contributed by atoms with Gasteiger partial charge in [-0.3, -0.25) is 0 Å². The molecule has 3 nitrogen and oxygen atoms in total. The highest BCUT2D eigenvalue weighted by atomic mass is 79.9. The summed E-state index contributed by atoms with van der Waals surface area (Å²) in [6.07, 6.45) is 0.448. The minimum absolute atomic E-state index is 0. The number of halogens is 2. The Morgan fingerprint density at radius 3 is 2.64 bits per heavy atom. The lowest BCUT2D eigenvalue weighted by Gasteiger charge is -2.12. The summed E-state index contributed by atoms with van der Waals surface area (Å²) in [4.78, 5) is 0. The molecule has 0 aliphatic rings. The number of phenolic OH excluding ortho intramolecular Hbond substituents is 1. The number of benzene rings is 1. The molecule has 0 saturated heterocycles. The highest BCUT2D eigenvalue weighted by Gasteiger charge is 2.10. The van der Waals surface area contributed by atoms with Gasteiger partial charge in [0, 0.05) is 22.7 Å². The molecule has 0 aromatic heterocycles. The molecule has 14 heavy (non-hydrogen) atoms. The zero-order valence-corrected chi connectivity index (χ0v) is 9.88. The van der Waals surface area contributed by atoms with Crippen LogP contribution in [0, 0.1) is 0 Å². The molecule has 1 atom stereocenters. The first-order valence-corrected chi connectivity index (χ1v) is 4.79. The number of phenols is 1. The van der Waals surface area contributed by atoms with E-state index in [0.717, 1.165) is 4.47 Å². The van der Waals surface area contributed by atoms with Crippen molar-refractivity contribution in [3.63, 3.8) is 0 Å². The standard InChI is InChI=1S/C9H12BrNO2.ClH/c10-6-1-2-9(13)7(5-6)8(11)3-4-12;/h1-2,5,8,12-13H,3-4,11H2;1H/t8-;/m1./s1. The van der Waals surface area contributed by atoms with Crippen molar-refractivity contribution < 1.29 is 10.2 Å². The Morgan fingerprint density at radius 1 is 1.43 bits per heavy atom. The number of nitrogens with two attached hydrogens (primary N) is 1. The Morgan fingerprint density at radius 2 is 2.07 bits per heavy atom. The summed E-state index contributed by atoms with van der Waals surface area (Å²) < 4.78 is 0.869.